The maximum atomic E-state index is 9.83. The maximum absolute atomic E-state index is 9.83. The quantitative estimate of drug-likeness (QED) is 0.864. The van der Waals surface area contributed by atoms with Gasteiger partial charge >= 0.3 is 0 Å². The SMILES string of the molecule is CC(C)(CO)N1Cc2ccccc2[Si](C)(c2ccc(Cl)cc2)C1. The molecule has 0 bridgehead atoms. The van der Waals surface area contributed by atoms with E-state index < -0.39 is 8.07 Å². The van der Waals surface area contributed by atoms with Crippen molar-refractivity contribution in [1.82, 2.24) is 4.90 Å². The van der Waals surface area contributed by atoms with Crippen LogP contribution in [0.3, 0.4) is 0 Å². The molecule has 2 nitrogen and oxygen atoms in total. The van der Waals surface area contributed by atoms with Gasteiger partial charge in [0, 0.05) is 23.3 Å². The second kappa shape index (κ2) is 6.06. The summed E-state index contributed by atoms with van der Waals surface area (Å²) in [5.41, 5.74) is 1.18. The summed E-state index contributed by atoms with van der Waals surface area (Å²) in [7, 11) is -1.89. The molecule has 23 heavy (non-hydrogen) atoms. The molecule has 122 valence electrons. The molecule has 1 heterocycles. The van der Waals surface area contributed by atoms with Gasteiger partial charge in [0.15, 0.2) is 0 Å². The highest BCUT2D eigenvalue weighted by atomic mass is 35.5. The zero-order valence-electron chi connectivity index (χ0n) is 14.0. The van der Waals surface area contributed by atoms with Crippen molar-refractivity contribution in [2.45, 2.75) is 32.5 Å². The molecule has 0 saturated carbocycles. The Kier molecular flexibility index (Phi) is 4.40. The standard InChI is InChI=1S/C19H24ClNOSi/c1-19(2,13-22)21-12-15-6-4-5-7-18(15)23(3,14-21)17-10-8-16(20)9-11-17/h4-11,22H,12-14H2,1-3H3. The van der Waals surface area contributed by atoms with Gasteiger partial charge in [0.05, 0.1) is 6.61 Å². The molecule has 2 aromatic rings. The van der Waals surface area contributed by atoms with E-state index in [9.17, 15) is 5.11 Å². The summed E-state index contributed by atoms with van der Waals surface area (Å²) in [6, 6.07) is 17.1. The molecule has 3 rings (SSSR count). The molecule has 0 amide bonds. The molecule has 1 aliphatic heterocycles. The fourth-order valence-corrected chi connectivity index (χ4v) is 7.85. The van der Waals surface area contributed by atoms with Gasteiger partial charge in [0.1, 0.15) is 8.07 Å². The van der Waals surface area contributed by atoms with Gasteiger partial charge in [0.25, 0.3) is 0 Å². The van der Waals surface area contributed by atoms with Crippen molar-refractivity contribution < 1.29 is 5.11 Å². The van der Waals surface area contributed by atoms with Crippen LogP contribution in [0.25, 0.3) is 0 Å². The molecule has 1 atom stereocenters. The number of halogens is 1. The Balaban J connectivity index is 2.12. The number of rotatable bonds is 3. The Morgan fingerprint density at radius 2 is 1.78 bits per heavy atom. The number of hydrogen-bond acceptors (Lipinski definition) is 2. The number of fused-ring (bicyclic) bond motifs is 1. The lowest BCUT2D eigenvalue weighted by Crippen LogP contribution is -2.69. The van der Waals surface area contributed by atoms with Gasteiger partial charge in [-0.1, -0.05) is 59.7 Å². The number of benzene rings is 2. The number of nitrogens with zero attached hydrogens (tertiary/aromatic N) is 1. The van der Waals surface area contributed by atoms with E-state index in [0.29, 0.717) is 0 Å². The van der Waals surface area contributed by atoms with E-state index in [2.05, 4.69) is 61.7 Å². The van der Waals surface area contributed by atoms with E-state index in [1.165, 1.54) is 15.9 Å². The van der Waals surface area contributed by atoms with Gasteiger partial charge in [-0.3, -0.25) is 4.90 Å². The topological polar surface area (TPSA) is 23.5 Å². The van der Waals surface area contributed by atoms with E-state index in [1.54, 1.807) is 0 Å². The normalized spacial score (nSPS) is 22.0. The molecule has 0 aromatic heterocycles. The fraction of sp³-hybridized carbons (Fsp3) is 0.368. The van der Waals surface area contributed by atoms with Crippen LogP contribution >= 0.6 is 11.6 Å². The summed E-state index contributed by atoms with van der Waals surface area (Å²) in [6.45, 7) is 7.74. The molecular formula is C19H24ClNOSi. The molecule has 4 heteroatoms. The zero-order chi connectivity index (χ0) is 16.7. The van der Waals surface area contributed by atoms with Gasteiger partial charge in [-0.25, -0.2) is 0 Å². The second-order valence-corrected chi connectivity index (χ2v) is 11.9. The lowest BCUT2D eigenvalue weighted by Gasteiger charge is -2.47. The van der Waals surface area contributed by atoms with Crippen LogP contribution in [0.15, 0.2) is 48.5 Å². The summed E-state index contributed by atoms with van der Waals surface area (Å²) in [5.74, 6) is 0. The predicted molar refractivity (Wildman–Crippen MR) is 100 cm³/mol. The Hall–Kier alpha value is -1.13. The van der Waals surface area contributed by atoms with Crippen LogP contribution in [0.4, 0.5) is 0 Å². The molecule has 0 spiro atoms. The highest BCUT2D eigenvalue weighted by molar-refractivity contribution is 7.02. The van der Waals surface area contributed by atoms with Gasteiger partial charge in [-0.05, 0) is 36.7 Å². The van der Waals surface area contributed by atoms with Crippen LogP contribution in [-0.2, 0) is 6.54 Å². The number of aliphatic hydroxyl groups is 1. The van der Waals surface area contributed by atoms with Crippen molar-refractivity contribution in [1.29, 1.82) is 0 Å². The lowest BCUT2D eigenvalue weighted by molar-refractivity contribution is 0.0635. The molecule has 2 aromatic carbocycles. The Morgan fingerprint density at radius 3 is 2.43 bits per heavy atom. The minimum Gasteiger partial charge on any atom is -0.394 e. The van der Waals surface area contributed by atoms with Crippen LogP contribution in [0, 0.1) is 0 Å². The molecule has 0 aliphatic carbocycles. The van der Waals surface area contributed by atoms with Crippen LogP contribution < -0.4 is 10.4 Å². The molecule has 1 aliphatic rings. The fourth-order valence-electron chi connectivity index (χ4n) is 3.52. The summed E-state index contributed by atoms with van der Waals surface area (Å²) in [6.07, 6.45) is 1.01. The molecular weight excluding hydrogens is 322 g/mol. The van der Waals surface area contributed by atoms with Gasteiger partial charge < -0.3 is 5.11 Å². The zero-order valence-corrected chi connectivity index (χ0v) is 15.8. The van der Waals surface area contributed by atoms with Crippen LogP contribution in [-0.4, -0.2) is 36.4 Å². The van der Waals surface area contributed by atoms with Crippen molar-refractivity contribution in [3.8, 4) is 0 Å². The summed E-state index contributed by atoms with van der Waals surface area (Å²) < 4.78 is 0. The first kappa shape index (κ1) is 16.7. The maximum Gasteiger partial charge on any atom is 0.129 e. The Morgan fingerprint density at radius 1 is 1.13 bits per heavy atom. The van der Waals surface area contributed by atoms with Crippen molar-refractivity contribution >= 4 is 30.0 Å². The summed E-state index contributed by atoms with van der Waals surface area (Å²) >= 11 is 6.09. The van der Waals surface area contributed by atoms with Crippen molar-refractivity contribution in [2.24, 2.45) is 0 Å². The minimum atomic E-state index is -1.89. The molecule has 1 N–H and O–H groups in total. The first-order valence-electron chi connectivity index (χ1n) is 8.07. The van der Waals surface area contributed by atoms with E-state index >= 15 is 0 Å². The predicted octanol–water partition coefficient (Wildman–Crippen LogP) is 2.66. The summed E-state index contributed by atoms with van der Waals surface area (Å²) in [5, 5.41) is 13.5. The minimum absolute atomic E-state index is 0.167. The number of hydrogen-bond donors (Lipinski definition) is 1. The molecule has 0 saturated heterocycles. The van der Waals surface area contributed by atoms with E-state index in [-0.39, 0.29) is 12.1 Å². The monoisotopic (exact) mass is 345 g/mol. The van der Waals surface area contributed by atoms with E-state index in [4.69, 9.17) is 11.6 Å². The average Bonchev–Trinajstić information content (AvgIpc) is 2.55. The Bertz CT molecular complexity index is 701. The molecule has 0 radical (unpaired) electrons. The highest BCUT2D eigenvalue weighted by Gasteiger charge is 2.42. The largest absolute Gasteiger partial charge is 0.394 e. The van der Waals surface area contributed by atoms with Crippen molar-refractivity contribution in [3.05, 3.63) is 59.1 Å². The van der Waals surface area contributed by atoms with Crippen LogP contribution in [0.1, 0.15) is 19.4 Å². The van der Waals surface area contributed by atoms with Gasteiger partial charge in [0.2, 0.25) is 0 Å². The van der Waals surface area contributed by atoms with Gasteiger partial charge in [-0.15, -0.1) is 0 Å². The Labute approximate surface area is 144 Å². The lowest BCUT2D eigenvalue weighted by atomic mass is 10.0. The third kappa shape index (κ3) is 2.99. The molecule has 1 unspecified atom stereocenters. The first-order chi connectivity index (χ1) is 10.9. The molecule has 0 fully saturated rings. The van der Waals surface area contributed by atoms with Gasteiger partial charge in [-0.2, -0.15) is 0 Å². The third-order valence-corrected chi connectivity index (χ3v) is 9.75. The highest BCUT2D eigenvalue weighted by Crippen LogP contribution is 2.25. The van der Waals surface area contributed by atoms with Crippen LogP contribution in [0.5, 0.6) is 0 Å². The third-order valence-electron chi connectivity index (χ3n) is 5.20. The summed E-state index contributed by atoms with van der Waals surface area (Å²) in [4.78, 5) is 2.44. The average molecular weight is 346 g/mol. The second-order valence-electron chi connectivity index (χ2n) is 7.32. The van der Waals surface area contributed by atoms with Crippen molar-refractivity contribution in [3.63, 3.8) is 0 Å². The van der Waals surface area contributed by atoms with E-state index in [1.807, 2.05) is 12.1 Å². The van der Waals surface area contributed by atoms with Crippen LogP contribution in [0.2, 0.25) is 11.6 Å². The smallest absolute Gasteiger partial charge is 0.129 e. The van der Waals surface area contributed by atoms with E-state index in [0.717, 1.165) is 17.7 Å². The van der Waals surface area contributed by atoms with Crippen molar-refractivity contribution in [2.75, 3.05) is 12.8 Å². The number of aliphatic hydroxyl groups excluding tert-OH is 1. The first-order valence-corrected chi connectivity index (χ1v) is 11.2.